The van der Waals surface area contributed by atoms with Crippen molar-refractivity contribution in [2.24, 2.45) is 0 Å². The van der Waals surface area contributed by atoms with Crippen LogP contribution in [-0.4, -0.2) is 40.5 Å². The van der Waals surface area contributed by atoms with Gasteiger partial charge in [-0.25, -0.2) is 0 Å². The quantitative estimate of drug-likeness (QED) is 0.336. The number of nitrogens with one attached hydrogen (secondary N) is 3. The largest absolute Gasteiger partial charge is 0.458 e. The van der Waals surface area contributed by atoms with Gasteiger partial charge in [-0.2, -0.15) is 15.0 Å². The van der Waals surface area contributed by atoms with Gasteiger partial charge < -0.3 is 20.7 Å². The highest BCUT2D eigenvalue weighted by atomic mass is 16.5. The normalized spacial score (nSPS) is 10.2. The van der Waals surface area contributed by atoms with Crippen LogP contribution in [0.25, 0.3) is 11.1 Å². The van der Waals surface area contributed by atoms with E-state index >= 15 is 0 Å². The Morgan fingerprint density at radius 2 is 1.75 bits per heavy atom. The highest BCUT2D eigenvalue weighted by Crippen LogP contribution is 2.26. The fourth-order valence-electron chi connectivity index (χ4n) is 3.03. The highest BCUT2D eigenvalue weighted by molar-refractivity contribution is 5.72. The van der Waals surface area contributed by atoms with E-state index in [9.17, 15) is 4.79 Å². The van der Waals surface area contributed by atoms with Gasteiger partial charge in [0.25, 0.3) is 0 Å². The van der Waals surface area contributed by atoms with Crippen molar-refractivity contribution in [3.8, 4) is 29.5 Å². The summed E-state index contributed by atoms with van der Waals surface area (Å²) in [7, 11) is 0. The number of hydrogen-bond acceptors (Lipinski definition) is 7. The van der Waals surface area contributed by atoms with Crippen molar-refractivity contribution in [2.45, 2.75) is 20.5 Å². The molecule has 3 rings (SSSR count). The van der Waals surface area contributed by atoms with E-state index in [1.807, 2.05) is 30.3 Å². The summed E-state index contributed by atoms with van der Waals surface area (Å²) in [5, 5.41) is 8.69. The van der Waals surface area contributed by atoms with Crippen molar-refractivity contribution < 1.29 is 9.53 Å². The minimum atomic E-state index is -0.101. The number of anilines is 2. The van der Waals surface area contributed by atoms with Gasteiger partial charge in [0.1, 0.15) is 6.61 Å². The van der Waals surface area contributed by atoms with Gasteiger partial charge in [0.2, 0.25) is 17.8 Å². The van der Waals surface area contributed by atoms with E-state index in [1.54, 1.807) is 0 Å². The number of hydrogen-bond donors (Lipinski definition) is 3. The van der Waals surface area contributed by atoms with Gasteiger partial charge in [0.15, 0.2) is 0 Å². The molecule has 0 saturated carbocycles. The molecule has 32 heavy (non-hydrogen) atoms. The lowest BCUT2D eigenvalue weighted by Crippen LogP contribution is -2.26. The first kappa shape index (κ1) is 22.6. The summed E-state index contributed by atoms with van der Waals surface area (Å²) in [6.07, 6.45) is 5.32. The van der Waals surface area contributed by atoms with Crippen molar-refractivity contribution in [1.82, 2.24) is 20.3 Å². The molecule has 0 atom stereocenters. The fourth-order valence-corrected chi connectivity index (χ4v) is 3.03. The summed E-state index contributed by atoms with van der Waals surface area (Å²) in [4.78, 5) is 23.9. The monoisotopic (exact) mass is 430 g/mol. The minimum absolute atomic E-state index is 0.101. The molecular weight excluding hydrogens is 404 g/mol. The predicted octanol–water partition coefficient (Wildman–Crippen LogP) is 3.02. The average molecular weight is 431 g/mol. The maximum absolute atomic E-state index is 11.0. The lowest BCUT2D eigenvalue weighted by atomic mass is 9.97. The van der Waals surface area contributed by atoms with E-state index in [0.717, 1.165) is 22.3 Å². The molecule has 0 aliphatic heterocycles. The summed E-state index contributed by atoms with van der Waals surface area (Å²) in [6, 6.07) is 16.5. The SMILES string of the molecule is C#CCNc1nc(NCCNC(C)=O)nc(OCc2cccc(-c3ccccc3)c2C)n1. The van der Waals surface area contributed by atoms with Gasteiger partial charge >= 0.3 is 6.01 Å². The van der Waals surface area contributed by atoms with Gasteiger partial charge in [0, 0.05) is 20.0 Å². The standard InChI is InChI=1S/C24H26N6O2/c1-4-13-26-22-28-23(27-15-14-25-18(3)31)30-24(29-22)32-16-20-11-8-12-21(17(20)2)19-9-6-5-7-10-19/h1,5-12H,13-16H2,2-3H3,(H,25,31)(H2,26,27,28,29,30). The van der Waals surface area contributed by atoms with Crippen LogP contribution in [-0.2, 0) is 11.4 Å². The third-order valence-corrected chi connectivity index (χ3v) is 4.63. The van der Waals surface area contributed by atoms with Crippen LogP contribution < -0.4 is 20.7 Å². The van der Waals surface area contributed by atoms with Crippen LogP contribution in [0.1, 0.15) is 18.1 Å². The summed E-state index contributed by atoms with van der Waals surface area (Å²) in [5.74, 6) is 3.02. The number of carbonyl (C=O) groups is 1. The fraction of sp³-hybridized carbons (Fsp3) is 0.250. The number of benzene rings is 2. The van der Waals surface area contributed by atoms with E-state index in [1.165, 1.54) is 6.92 Å². The molecule has 0 fully saturated rings. The number of ether oxygens (including phenoxy) is 1. The van der Waals surface area contributed by atoms with Crippen molar-refractivity contribution in [1.29, 1.82) is 0 Å². The molecule has 8 nitrogen and oxygen atoms in total. The van der Waals surface area contributed by atoms with Crippen molar-refractivity contribution in [3.05, 3.63) is 59.7 Å². The van der Waals surface area contributed by atoms with E-state index in [-0.39, 0.29) is 18.5 Å². The molecule has 1 aromatic heterocycles. The van der Waals surface area contributed by atoms with Crippen molar-refractivity contribution in [3.63, 3.8) is 0 Å². The Morgan fingerprint density at radius 1 is 1.00 bits per heavy atom. The number of amides is 1. The smallest absolute Gasteiger partial charge is 0.323 e. The number of carbonyl (C=O) groups excluding carboxylic acids is 1. The van der Waals surface area contributed by atoms with Gasteiger partial charge in [0.05, 0.1) is 6.54 Å². The van der Waals surface area contributed by atoms with Gasteiger partial charge in [-0.3, -0.25) is 4.79 Å². The molecule has 0 saturated heterocycles. The molecule has 3 aromatic rings. The number of aromatic nitrogens is 3. The van der Waals surface area contributed by atoms with Crippen LogP contribution in [0.3, 0.4) is 0 Å². The van der Waals surface area contributed by atoms with Gasteiger partial charge in [-0.05, 0) is 29.2 Å². The van der Waals surface area contributed by atoms with E-state index in [2.05, 4.69) is 61.9 Å². The Balaban J connectivity index is 1.74. The Labute approximate surface area is 187 Å². The number of nitrogens with zero attached hydrogens (tertiary/aromatic N) is 3. The molecule has 0 radical (unpaired) electrons. The Kier molecular flexibility index (Phi) is 7.98. The summed E-state index contributed by atoms with van der Waals surface area (Å²) >= 11 is 0. The Bertz CT molecular complexity index is 1100. The van der Waals surface area contributed by atoms with Crippen molar-refractivity contribution in [2.75, 3.05) is 30.3 Å². The second kappa shape index (κ2) is 11.3. The maximum Gasteiger partial charge on any atom is 0.323 e. The van der Waals surface area contributed by atoms with Crippen LogP contribution in [0.4, 0.5) is 11.9 Å². The second-order valence-electron chi connectivity index (χ2n) is 6.98. The van der Waals surface area contributed by atoms with Gasteiger partial charge in [-0.15, -0.1) is 6.42 Å². The molecule has 2 aromatic carbocycles. The molecule has 8 heteroatoms. The lowest BCUT2D eigenvalue weighted by molar-refractivity contribution is -0.118. The Hall–Kier alpha value is -4.12. The molecular formula is C24H26N6O2. The topological polar surface area (TPSA) is 101 Å². The third-order valence-electron chi connectivity index (χ3n) is 4.63. The molecule has 164 valence electrons. The first-order valence-electron chi connectivity index (χ1n) is 10.2. The van der Waals surface area contributed by atoms with Gasteiger partial charge in [-0.1, -0.05) is 54.5 Å². The first-order chi connectivity index (χ1) is 15.6. The van der Waals surface area contributed by atoms with E-state index in [4.69, 9.17) is 11.2 Å². The highest BCUT2D eigenvalue weighted by Gasteiger charge is 2.10. The molecule has 0 spiro atoms. The summed E-state index contributed by atoms with van der Waals surface area (Å²) in [5.41, 5.74) is 4.47. The molecule has 0 aliphatic carbocycles. The number of terminal acetylenes is 1. The second-order valence-corrected chi connectivity index (χ2v) is 6.98. The zero-order valence-electron chi connectivity index (χ0n) is 18.2. The molecule has 1 amide bonds. The minimum Gasteiger partial charge on any atom is -0.458 e. The molecule has 1 heterocycles. The van der Waals surface area contributed by atoms with Crippen LogP contribution >= 0.6 is 0 Å². The summed E-state index contributed by atoms with van der Waals surface area (Å²) < 4.78 is 5.91. The zero-order chi connectivity index (χ0) is 22.8. The molecule has 0 aliphatic rings. The lowest BCUT2D eigenvalue weighted by Gasteiger charge is -2.13. The van der Waals surface area contributed by atoms with E-state index < -0.39 is 0 Å². The zero-order valence-corrected chi connectivity index (χ0v) is 18.2. The van der Waals surface area contributed by atoms with Crippen LogP contribution in [0.15, 0.2) is 48.5 Å². The maximum atomic E-state index is 11.0. The molecule has 0 bridgehead atoms. The third kappa shape index (κ3) is 6.44. The first-order valence-corrected chi connectivity index (χ1v) is 10.2. The van der Waals surface area contributed by atoms with Crippen molar-refractivity contribution >= 4 is 17.8 Å². The predicted molar refractivity (Wildman–Crippen MR) is 125 cm³/mol. The average Bonchev–Trinajstić information content (AvgIpc) is 2.80. The van der Waals surface area contributed by atoms with Crippen LogP contribution in [0.2, 0.25) is 0 Å². The van der Waals surface area contributed by atoms with Crippen LogP contribution in [0, 0.1) is 19.3 Å². The molecule has 0 unspecified atom stereocenters. The number of rotatable bonds is 10. The van der Waals surface area contributed by atoms with E-state index in [0.29, 0.717) is 31.6 Å². The summed E-state index contributed by atoms with van der Waals surface area (Å²) in [6.45, 7) is 5.00. The molecule has 3 N–H and O–H groups in total. The van der Waals surface area contributed by atoms with Crippen LogP contribution in [0.5, 0.6) is 6.01 Å². The Morgan fingerprint density at radius 3 is 2.47 bits per heavy atom.